The van der Waals surface area contributed by atoms with E-state index in [-0.39, 0.29) is 0 Å². The summed E-state index contributed by atoms with van der Waals surface area (Å²) in [5, 5.41) is 8.52. The molecule has 0 aliphatic heterocycles. The molecule has 0 aromatic rings. The Hall–Kier alpha value is -1.83. The van der Waals surface area contributed by atoms with Gasteiger partial charge in [-0.2, -0.15) is 0 Å². The van der Waals surface area contributed by atoms with Crippen LogP contribution in [0.15, 0.2) is 60.8 Å². The number of carbonyl (C=O) groups is 1. The van der Waals surface area contributed by atoms with Gasteiger partial charge in [0, 0.05) is 6.42 Å². The Labute approximate surface area is 148 Å². The molecular formula is C22H34O2. The normalized spacial score (nSPS) is 12.7. The number of allylic oxidation sites excluding steroid dienone is 10. The van der Waals surface area contributed by atoms with Crippen molar-refractivity contribution in [3.8, 4) is 0 Å². The molecule has 1 N–H and O–H groups in total. The summed E-state index contributed by atoms with van der Waals surface area (Å²) in [6.07, 6.45) is 31.3. The zero-order chi connectivity index (χ0) is 17.7. The number of rotatable bonds is 15. The summed E-state index contributed by atoms with van der Waals surface area (Å²) in [6.45, 7) is 2.15. The van der Waals surface area contributed by atoms with Crippen molar-refractivity contribution in [3.05, 3.63) is 60.8 Å². The molecule has 0 saturated carbocycles. The number of hydrogen-bond donors (Lipinski definition) is 1. The molecule has 0 aliphatic carbocycles. The molecule has 0 unspecified atom stereocenters. The number of hydrogen-bond acceptors (Lipinski definition) is 1. The molecule has 0 radical (unpaired) electrons. The van der Waals surface area contributed by atoms with E-state index >= 15 is 0 Å². The maximum absolute atomic E-state index is 10.3. The molecule has 0 aromatic carbocycles. The summed E-state index contributed by atoms with van der Waals surface area (Å²) in [5.41, 5.74) is 0. The lowest BCUT2D eigenvalue weighted by molar-refractivity contribution is -0.137. The van der Waals surface area contributed by atoms with Crippen molar-refractivity contribution in [2.75, 3.05) is 0 Å². The predicted molar refractivity (Wildman–Crippen MR) is 105 cm³/mol. The largest absolute Gasteiger partial charge is 0.481 e. The Morgan fingerprint density at radius 2 is 1.12 bits per heavy atom. The highest BCUT2D eigenvalue weighted by molar-refractivity contribution is 5.66. The first-order valence-corrected chi connectivity index (χ1v) is 9.24. The lowest BCUT2D eigenvalue weighted by Gasteiger charge is -1.94. The first kappa shape index (κ1) is 22.2. The van der Waals surface area contributed by atoms with Crippen LogP contribution in [-0.4, -0.2) is 11.1 Å². The molecule has 0 bridgehead atoms. The molecule has 0 rings (SSSR count). The van der Waals surface area contributed by atoms with Gasteiger partial charge in [-0.05, 0) is 51.4 Å². The summed E-state index contributed by atoms with van der Waals surface area (Å²) in [4.78, 5) is 10.3. The molecule has 2 heteroatoms. The quantitative estimate of drug-likeness (QED) is 0.204. The Bertz CT molecular complexity index is 425. The van der Waals surface area contributed by atoms with Crippen LogP contribution in [0.25, 0.3) is 0 Å². The van der Waals surface area contributed by atoms with Crippen molar-refractivity contribution in [1.29, 1.82) is 0 Å². The van der Waals surface area contributed by atoms with Gasteiger partial charge >= 0.3 is 5.97 Å². The van der Waals surface area contributed by atoms with Gasteiger partial charge in [0.05, 0.1) is 0 Å². The van der Waals surface area contributed by atoms with Crippen LogP contribution >= 0.6 is 0 Å². The molecule has 2 nitrogen and oxygen atoms in total. The van der Waals surface area contributed by atoms with Gasteiger partial charge in [-0.3, -0.25) is 4.79 Å². The summed E-state index contributed by atoms with van der Waals surface area (Å²) in [5.74, 6) is -0.690. The average Bonchev–Trinajstić information content (AvgIpc) is 2.56. The van der Waals surface area contributed by atoms with Crippen LogP contribution in [0.1, 0.15) is 71.1 Å². The summed E-state index contributed by atoms with van der Waals surface area (Å²) in [6, 6.07) is 0. The van der Waals surface area contributed by atoms with E-state index in [4.69, 9.17) is 5.11 Å². The highest BCUT2D eigenvalue weighted by atomic mass is 16.4. The van der Waals surface area contributed by atoms with Crippen molar-refractivity contribution < 1.29 is 9.90 Å². The molecule has 0 aromatic heterocycles. The average molecular weight is 333 g/mol. The van der Waals surface area contributed by atoms with E-state index in [0.717, 1.165) is 57.8 Å². The number of unbranched alkanes of at least 4 members (excludes halogenated alkanes) is 3. The van der Waals surface area contributed by atoms with E-state index < -0.39 is 5.97 Å². The van der Waals surface area contributed by atoms with Gasteiger partial charge in [0.1, 0.15) is 0 Å². The molecular weight excluding hydrogens is 299 g/mol. The molecule has 0 atom stereocenters. The molecule has 0 spiro atoms. The second kappa shape index (κ2) is 19.2. The predicted octanol–water partition coefficient (Wildman–Crippen LogP) is 6.77. The maximum atomic E-state index is 10.3. The molecule has 0 saturated heterocycles. The second-order valence-electron chi connectivity index (χ2n) is 5.70. The van der Waals surface area contributed by atoms with Crippen LogP contribution in [0.4, 0.5) is 0 Å². The van der Waals surface area contributed by atoms with Crippen LogP contribution < -0.4 is 0 Å². The topological polar surface area (TPSA) is 37.3 Å². The van der Waals surface area contributed by atoms with E-state index in [9.17, 15) is 4.79 Å². The second-order valence-corrected chi connectivity index (χ2v) is 5.70. The van der Waals surface area contributed by atoms with Crippen LogP contribution in [0, 0.1) is 0 Å². The van der Waals surface area contributed by atoms with Crippen LogP contribution in [0.2, 0.25) is 0 Å². The highest BCUT2D eigenvalue weighted by Gasteiger charge is 1.94. The van der Waals surface area contributed by atoms with E-state index in [0.29, 0.717) is 6.42 Å². The Balaban J connectivity index is 3.42. The van der Waals surface area contributed by atoms with E-state index in [1.54, 1.807) is 0 Å². The lowest BCUT2D eigenvalue weighted by Crippen LogP contribution is -1.93. The standard InChI is InChI=1S/C22H34O2/c1-2-3-4-5-6-7-8-9-10-11-12-13-14-15-16-17-18-19-20-21-22(23)24/h3-4,6-7,9-10,12-13,15-16H,2,5,8,11,14,17-21H2,1H3,(H,23,24)/b4-3-,7-6-,10-9-,13-12?,16-15-/i12+1,13+1,14+1. The molecule has 0 fully saturated rings. The Kier molecular flexibility index (Phi) is 17.8. The summed E-state index contributed by atoms with van der Waals surface area (Å²) in [7, 11) is 0. The van der Waals surface area contributed by atoms with Gasteiger partial charge < -0.3 is 5.11 Å². The smallest absolute Gasteiger partial charge is 0.303 e. The SMILES string of the molecule is CC/C=C\C/C=C\C/C=C\C[13CH]=[13CH][13CH2]/C=C\CCCCCC(=O)O. The van der Waals surface area contributed by atoms with Gasteiger partial charge in [-0.1, -0.05) is 74.1 Å². The van der Waals surface area contributed by atoms with E-state index in [1.165, 1.54) is 0 Å². The first-order chi connectivity index (χ1) is 11.8. The molecule has 0 heterocycles. The Morgan fingerprint density at radius 1 is 0.667 bits per heavy atom. The highest BCUT2D eigenvalue weighted by Crippen LogP contribution is 2.04. The summed E-state index contributed by atoms with van der Waals surface area (Å²) < 4.78 is 0. The minimum Gasteiger partial charge on any atom is -0.481 e. The third-order valence-electron chi connectivity index (χ3n) is 3.42. The minimum atomic E-state index is -0.690. The van der Waals surface area contributed by atoms with Crippen molar-refractivity contribution in [1.82, 2.24) is 0 Å². The maximum Gasteiger partial charge on any atom is 0.303 e. The zero-order valence-corrected chi connectivity index (χ0v) is 15.2. The van der Waals surface area contributed by atoms with Crippen LogP contribution in [0.5, 0.6) is 0 Å². The summed E-state index contributed by atoms with van der Waals surface area (Å²) >= 11 is 0. The number of carboxylic acid groups (broad SMARTS) is 1. The van der Waals surface area contributed by atoms with Crippen LogP contribution in [-0.2, 0) is 4.79 Å². The fourth-order valence-electron chi connectivity index (χ4n) is 2.08. The fourth-order valence-corrected chi connectivity index (χ4v) is 2.08. The fraction of sp³-hybridized carbons (Fsp3) is 0.500. The van der Waals surface area contributed by atoms with Gasteiger partial charge in [0.2, 0.25) is 0 Å². The van der Waals surface area contributed by atoms with Gasteiger partial charge in [-0.25, -0.2) is 0 Å². The van der Waals surface area contributed by atoms with Crippen molar-refractivity contribution in [2.45, 2.75) is 71.1 Å². The van der Waals surface area contributed by atoms with E-state index in [1.807, 2.05) is 0 Å². The molecule has 24 heavy (non-hydrogen) atoms. The number of aliphatic carboxylic acids is 1. The van der Waals surface area contributed by atoms with Crippen LogP contribution in [0.3, 0.4) is 0 Å². The van der Waals surface area contributed by atoms with Gasteiger partial charge in [0.25, 0.3) is 0 Å². The van der Waals surface area contributed by atoms with Gasteiger partial charge in [0.15, 0.2) is 0 Å². The molecule has 134 valence electrons. The van der Waals surface area contributed by atoms with Gasteiger partial charge in [-0.15, -0.1) is 0 Å². The van der Waals surface area contributed by atoms with Crippen molar-refractivity contribution >= 4 is 5.97 Å². The van der Waals surface area contributed by atoms with Crippen molar-refractivity contribution in [3.63, 3.8) is 0 Å². The molecule has 0 aliphatic rings. The lowest BCUT2D eigenvalue weighted by atomic mass is 10.1. The third kappa shape index (κ3) is 20.2. The monoisotopic (exact) mass is 333 g/mol. The minimum absolute atomic E-state index is 0.297. The van der Waals surface area contributed by atoms with E-state index in [2.05, 4.69) is 67.7 Å². The first-order valence-electron chi connectivity index (χ1n) is 9.24. The third-order valence-corrected chi connectivity index (χ3v) is 3.42. The van der Waals surface area contributed by atoms with Crippen molar-refractivity contribution in [2.24, 2.45) is 0 Å². The molecule has 0 amide bonds. The Morgan fingerprint density at radius 3 is 1.58 bits per heavy atom. The number of carboxylic acids is 1. The zero-order valence-electron chi connectivity index (χ0n) is 15.2.